The molecule has 0 aromatic carbocycles. The van der Waals surface area contributed by atoms with Gasteiger partial charge in [-0.2, -0.15) is 11.3 Å². The summed E-state index contributed by atoms with van der Waals surface area (Å²) in [6.07, 6.45) is 3.70. The van der Waals surface area contributed by atoms with Gasteiger partial charge < -0.3 is 10.6 Å². The van der Waals surface area contributed by atoms with Crippen LogP contribution in [0.25, 0.3) is 0 Å². The van der Waals surface area contributed by atoms with Gasteiger partial charge in [0.2, 0.25) is 0 Å². The van der Waals surface area contributed by atoms with Crippen molar-refractivity contribution < 1.29 is 0 Å². The second-order valence-electron chi connectivity index (χ2n) is 3.87. The van der Waals surface area contributed by atoms with Gasteiger partial charge in [0, 0.05) is 19.6 Å². The Morgan fingerprint density at radius 2 is 2.20 bits per heavy atom. The van der Waals surface area contributed by atoms with E-state index in [2.05, 4.69) is 28.7 Å². The van der Waals surface area contributed by atoms with Crippen molar-refractivity contribution in [2.45, 2.75) is 26.2 Å². The Balaban J connectivity index is 2.24. The van der Waals surface area contributed by atoms with E-state index >= 15 is 0 Å². The van der Waals surface area contributed by atoms with E-state index in [0.29, 0.717) is 0 Å². The summed E-state index contributed by atoms with van der Waals surface area (Å²) in [5.74, 6) is 0. The van der Waals surface area contributed by atoms with Crippen LogP contribution in [0.3, 0.4) is 0 Å². The van der Waals surface area contributed by atoms with Crippen LogP contribution in [-0.4, -0.2) is 31.1 Å². The van der Waals surface area contributed by atoms with Crippen LogP contribution < -0.4 is 5.73 Å². The van der Waals surface area contributed by atoms with Crippen molar-refractivity contribution in [2.75, 3.05) is 26.2 Å². The quantitative estimate of drug-likeness (QED) is 0.737. The van der Waals surface area contributed by atoms with E-state index in [4.69, 9.17) is 5.73 Å². The Morgan fingerprint density at radius 3 is 2.80 bits per heavy atom. The van der Waals surface area contributed by atoms with Crippen LogP contribution in [0.5, 0.6) is 0 Å². The van der Waals surface area contributed by atoms with Crippen LogP contribution in [0.2, 0.25) is 0 Å². The fourth-order valence-corrected chi connectivity index (χ4v) is 2.32. The van der Waals surface area contributed by atoms with Gasteiger partial charge in [0.15, 0.2) is 0 Å². The third-order valence-corrected chi connectivity index (χ3v) is 3.30. The lowest BCUT2D eigenvalue weighted by atomic mass is 10.2. The lowest BCUT2D eigenvalue weighted by Gasteiger charge is -2.20. The normalized spacial score (nSPS) is 11.1. The van der Waals surface area contributed by atoms with E-state index in [9.17, 15) is 0 Å². The highest BCUT2D eigenvalue weighted by molar-refractivity contribution is 7.07. The average molecular weight is 226 g/mol. The van der Waals surface area contributed by atoms with Crippen LogP contribution in [-0.2, 0) is 6.42 Å². The maximum atomic E-state index is 5.61. The third kappa shape index (κ3) is 5.30. The molecule has 1 aromatic heterocycles. The second kappa shape index (κ2) is 7.85. The first-order valence-corrected chi connectivity index (χ1v) is 6.74. The highest BCUT2D eigenvalue weighted by atomic mass is 32.1. The minimum Gasteiger partial charge on any atom is -0.329 e. The molecule has 1 heterocycles. The molecule has 2 nitrogen and oxygen atoms in total. The molecule has 0 radical (unpaired) electrons. The molecule has 3 heteroatoms. The fourth-order valence-electron chi connectivity index (χ4n) is 1.62. The van der Waals surface area contributed by atoms with Crippen LogP contribution >= 0.6 is 11.3 Å². The summed E-state index contributed by atoms with van der Waals surface area (Å²) in [4.78, 5) is 2.47. The first-order valence-electron chi connectivity index (χ1n) is 5.80. The predicted octanol–water partition coefficient (Wildman–Crippen LogP) is 2.35. The Bertz CT molecular complexity index is 234. The minimum absolute atomic E-state index is 0.771. The molecule has 1 rings (SSSR count). The van der Waals surface area contributed by atoms with Gasteiger partial charge in [-0.15, -0.1) is 0 Å². The number of rotatable bonds is 8. The maximum absolute atomic E-state index is 5.61. The lowest BCUT2D eigenvalue weighted by molar-refractivity contribution is 0.280. The van der Waals surface area contributed by atoms with Crippen molar-refractivity contribution in [3.63, 3.8) is 0 Å². The summed E-state index contributed by atoms with van der Waals surface area (Å²) >= 11 is 1.78. The molecule has 1 aromatic rings. The van der Waals surface area contributed by atoms with E-state index in [1.165, 1.54) is 24.9 Å². The number of hydrogen-bond donors (Lipinski definition) is 1. The molecular weight excluding hydrogens is 204 g/mol. The smallest absolute Gasteiger partial charge is 0.0105 e. The van der Waals surface area contributed by atoms with Gasteiger partial charge in [0.05, 0.1) is 0 Å². The SMILES string of the molecule is CCCCN(CCN)CCc1ccsc1. The van der Waals surface area contributed by atoms with Gasteiger partial charge in [-0.3, -0.25) is 0 Å². The standard InChI is InChI=1S/C12H22N2S/c1-2-3-7-14(9-6-13)8-4-12-5-10-15-11-12/h5,10-11H,2-4,6-9,13H2,1H3. The van der Waals surface area contributed by atoms with Crippen LogP contribution in [0.1, 0.15) is 25.3 Å². The lowest BCUT2D eigenvalue weighted by Crippen LogP contribution is -2.32. The minimum atomic E-state index is 0.771. The monoisotopic (exact) mass is 226 g/mol. The van der Waals surface area contributed by atoms with Gasteiger partial charge >= 0.3 is 0 Å². The second-order valence-corrected chi connectivity index (χ2v) is 4.65. The molecule has 0 aliphatic rings. The summed E-state index contributed by atoms with van der Waals surface area (Å²) < 4.78 is 0. The van der Waals surface area contributed by atoms with Crippen LogP contribution in [0.4, 0.5) is 0 Å². The molecule has 0 aliphatic carbocycles. The number of nitrogens with zero attached hydrogens (tertiary/aromatic N) is 1. The van der Waals surface area contributed by atoms with Crippen molar-refractivity contribution in [1.82, 2.24) is 4.90 Å². The molecule has 0 amide bonds. The molecule has 2 N–H and O–H groups in total. The number of hydrogen-bond acceptors (Lipinski definition) is 3. The summed E-state index contributed by atoms with van der Waals surface area (Å²) in [6.45, 7) is 6.38. The number of unbranched alkanes of at least 4 members (excludes halogenated alkanes) is 1. The molecule has 86 valence electrons. The van der Waals surface area contributed by atoms with Crippen molar-refractivity contribution in [1.29, 1.82) is 0 Å². The van der Waals surface area contributed by atoms with Crippen LogP contribution in [0, 0.1) is 0 Å². The molecule has 15 heavy (non-hydrogen) atoms. The zero-order valence-corrected chi connectivity index (χ0v) is 10.4. The van der Waals surface area contributed by atoms with Crippen molar-refractivity contribution in [2.24, 2.45) is 5.73 Å². The van der Waals surface area contributed by atoms with Gasteiger partial charge in [-0.05, 0) is 41.8 Å². The number of thiophene rings is 1. The predicted molar refractivity (Wildman–Crippen MR) is 68.4 cm³/mol. The molecule has 0 aliphatic heterocycles. The average Bonchev–Trinajstić information content (AvgIpc) is 2.75. The molecule has 0 unspecified atom stereocenters. The fraction of sp³-hybridized carbons (Fsp3) is 0.667. The molecule has 0 bridgehead atoms. The third-order valence-electron chi connectivity index (χ3n) is 2.57. The molecule has 0 saturated carbocycles. The Kier molecular flexibility index (Phi) is 6.64. The van der Waals surface area contributed by atoms with Gasteiger partial charge in [0.1, 0.15) is 0 Å². The molecule has 0 atom stereocenters. The van der Waals surface area contributed by atoms with Crippen LogP contribution in [0.15, 0.2) is 16.8 Å². The van der Waals surface area contributed by atoms with Crippen molar-refractivity contribution >= 4 is 11.3 Å². The zero-order valence-electron chi connectivity index (χ0n) is 9.61. The summed E-state index contributed by atoms with van der Waals surface area (Å²) in [7, 11) is 0. The summed E-state index contributed by atoms with van der Waals surface area (Å²) in [5, 5.41) is 4.38. The van der Waals surface area contributed by atoms with E-state index in [1.54, 1.807) is 11.3 Å². The molecule has 0 fully saturated rings. The maximum Gasteiger partial charge on any atom is 0.0105 e. The highest BCUT2D eigenvalue weighted by Gasteiger charge is 2.03. The van der Waals surface area contributed by atoms with Gasteiger partial charge in [-0.25, -0.2) is 0 Å². The van der Waals surface area contributed by atoms with E-state index in [0.717, 1.165) is 26.1 Å². The molecular formula is C12H22N2S. The van der Waals surface area contributed by atoms with Crippen molar-refractivity contribution in [3.05, 3.63) is 22.4 Å². The summed E-state index contributed by atoms with van der Waals surface area (Å²) in [6, 6.07) is 2.21. The first kappa shape index (κ1) is 12.7. The van der Waals surface area contributed by atoms with E-state index in [-0.39, 0.29) is 0 Å². The Labute approximate surface area is 97.1 Å². The van der Waals surface area contributed by atoms with Crippen molar-refractivity contribution in [3.8, 4) is 0 Å². The zero-order chi connectivity index (χ0) is 10.9. The largest absolute Gasteiger partial charge is 0.329 e. The van der Waals surface area contributed by atoms with E-state index < -0.39 is 0 Å². The Hall–Kier alpha value is -0.380. The highest BCUT2D eigenvalue weighted by Crippen LogP contribution is 2.07. The Morgan fingerprint density at radius 1 is 1.33 bits per heavy atom. The molecule has 0 saturated heterocycles. The topological polar surface area (TPSA) is 29.3 Å². The van der Waals surface area contributed by atoms with Gasteiger partial charge in [-0.1, -0.05) is 13.3 Å². The first-order chi connectivity index (χ1) is 7.36. The molecule has 0 spiro atoms. The van der Waals surface area contributed by atoms with E-state index in [1.807, 2.05) is 0 Å². The number of nitrogens with two attached hydrogens (primary N) is 1. The van der Waals surface area contributed by atoms with Gasteiger partial charge in [0.25, 0.3) is 0 Å². The summed E-state index contributed by atoms with van der Waals surface area (Å²) in [5.41, 5.74) is 7.07.